The van der Waals surface area contributed by atoms with Gasteiger partial charge in [0.05, 0.1) is 18.5 Å². The fourth-order valence-corrected chi connectivity index (χ4v) is 7.38. The number of nitrogens with zero attached hydrogens (tertiary/aromatic N) is 2. The Morgan fingerprint density at radius 2 is 1.79 bits per heavy atom. The number of thioether (sulfide) groups is 1. The van der Waals surface area contributed by atoms with Crippen molar-refractivity contribution in [2.75, 3.05) is 45.9 Å². The van der Waals surface area contributed by atoms with Gasteiger partial charge in [0.1, 0.15) is 11.9 Å². The molecule has 0 unspecified atom stereocenters. The summed E-state index contributed by atoms with van der Waals surface area (Å²) in [6.45, 7) is 5.22. The predicted octanol–water partition coefficient (Wildman–Crippen LogP) is 3.39. The molecule has 2 aliphatic rings. The molecule has 3 aromatic rings. The highest BCUT2D eigenvalue weighted by Gasteiger charge is 2.43. The molecule has 5 rings (SSSR count). The van der Waals surface area contributed by atoms with Gasteiger partial charge in [0.2, 0.25) is 17.7 Å². The molecule has 3 amide bonds. The summed E-state index contributed by atoms with van der Waals surface area (Å²) in [6.07, 6.45) is 0.927. The molecule has 2 fully saturated rings. The van der Waals surface area contributed by atoms with Crippen LogP contribution in [0.5, 0.6) is 0 Å². The molecule has 39 heavy (non-hydrogen) atoms. The summed E-state index contributed by atoms with van der Waals surface area (Å²) in [4.78, 5) is 44.0. The minimum Gasteiger partial charge on any atom is -0.379 e. The molecule has 0 radical (unpaired) electrons. The van der Waals surface area contributed by atoms with Crippen LogP contribution in [0.15, 0.2) is 60.0 Å². The minimum atomic E-state index is -0.529. The van der Waals surface area contributed by atoms with Crippen LogP contribution >= 0.6 is 23.1 Å². The van der Waals surface area contributed by atoms with Gasteiger partial charge in [0.15, 0.2) is 0 Å². The molecular weight excluding hydrogens is 532 g/mol. The zero-order valence-corrected chi connectivity index (χ0v) is 23.5. The number of benzene rings is 2. The van der Waals surface area contributed by atoms with Crippen LogP contribution in [0.4, 0.5) is 0 Å². The van der Waals surface area contributed by atoms with Gasteiger partial charge in [-0.25, -0.2) is 0 Å². The fourth-order valence-electron chi connectivity index (χ4n) is 4.98. The first-order valence-electron chi connectivity index (χ1n) is 13.4. The maximum Gasteiger partial charge on any atom is 0.239 e. The number of ether oxygens (including phenoxy) is 1. The van der Waals surface area contributed by atoms with Crippen LogP contribution in [0.2, 0.25) is 0 Å². The molecule has 2 aliphatic heterocycles. The first kappa shape index (κ1) is 27.6. The molecule has 0 bridgehead atoms. The number of hydrogen-bond donors (Lipinski definition) is 2. The molecule has 2 saturated heterocycles. The van der Waals surface area contributed by atoms with E-state index in [1.54, 1.807) is 16.2 Å². The number of amides is 3. The highest BCUT2D eigenvalue weighted by atomic mass is 32.2. The quantitative estimate of drug-likeness (QED) is 0.346. The van der Waals surface area contributed by atoms with Crippen molar-refractivity contribution < 1.29 is 19.1 Å². The standard InChI is InChI=1S/C29H34N4O4S2/c34-26(31-19-22-8-3-7-21-6-1-2-9-23(21)22)18-25-28(36)33(29(39-25)24-10-4-17-38-24)20-27(35)30-11-5-12-32-13-15-37-16-14-32/h1-4,6-10,17,25,29H,5,11-16,18-20H2,(H,30,35)(H,31,34)/t25-,29-/m1/s1. The molecule has 8 nitrogen and oxygen atoms in total. The molecule has 3 heterocycles. The molecule has 0 spiro atoms. The van der Waals surface area contributed by atoms with Crippen molar-refractivity contribution in [2.45, 2.75) is 30.0 Å². The average molecular weight is 567 g/mol. The van der Waals surface area contributed by atoms with Gasteiger partial charge in [-0.15, -0.1) is 23.1 Å². The molecule has 2 aromatic carbocycles. The van der Waals surface area contributed by atoms with E-state index in [0.717, 1.165) is 60.5 Å². The fraction of sp³-hybridized carbons (Fsp3) is 0.414. The van der Waals surface area contributed by atoms with Crippen LogP contribution in [0, 0.1) is 0 Å². The Morgan fingerprint density at radius 1 is 0.974 bits per heavy atom. The second kappa shape index (κ2) is 13.4. The number of carbonyl (C=O) groups is 3. The van der Waals surface area contributed by atoms with Crippen LogP contribution in [-0.2, 0) is 25.7 Å². The third-order valence-corrected chi connectivity index (χ3v) is 9.58. The van der Waals surface area contributed by atoms with Crippen LogP contribution in [0.3, 0.4) is 0 Å². The lowest BCUT2D eigenvalue weighted by Gasteiger charge is -2.26. The third kappa shape index (κ3) is 7.19. The maximum absolute atomic E-state index is 13.4. The molecule has 206 valence electrons. The number of carbonyl (C=O) groups excluding carboxylic acids is 3. The molecule has 2 N–H and O–H groups in total. The van der Waals surface area contributed by atoms with E-state index in [0.29, 0.717) is 13.1 Å². The van der Waals surface area contributed by atoms with Crippen molar-refractivity contribution in [3.63, 3.8) is 0 Å². The van der Waals surface area contributed by atoms with Crippen molar-refractivity contribution >= 4 is 51.6 Å². The summed E-state index contributed by atoms with van der Waals surface area (Å²) >= 11 is 3.01. The number of fused-ring (bicyclic) bond motifs is 1. The van der Waals surface area contributed by atoms with Crippen LogP contribution < -0.4 is 10.6 Å². The number of rotatable bonds is 11. The van der Waals surface area contributed by atoms with E-state index < -0.39 is 5.25 Å². The lowest BCUT2D eigenvalue weighted by molar-refractivity contribution is -0.136. The van der Waals surface area contributed by atoms with Crippen LogP contribution in [-0.4, -0.2) is 78.7 Å². The Balaban J connectivity index is 1.14. The number of morpholine rings is 1. The largest absolute Gasteiger partial charge is 0.379 e. The van der Waals surface area contributed by atoms with E-state index in [2.05, 4.69) is 15.5 Å². The Kier molecular flexibility index (Phi) is 9.52. The van der Waals surface area contributed by atoms with E-state index in [-0.39, 0.29) is 36.1 Å². The normalized spacial score (nSPS) is 19.9. The van der Waals surface area contributed by atoms with Gasteiger partial charge in [0.25, 0.3) is 0 Å². The van der Waals surface area contributed by atoms with Gasteiger partial charge < -0.3 is 20.3 Å². The van der Waals surface area contributed by atoms with Crippen molar-refractivity contribution in [3.05, 3.63) is 70.4 Å². The van der Waals surface area contributed by atoms with Gasteiger partial charge >= 0.3 is 0 Å². The molecular formula is C29H34N4O4S2. The predicted molar refractivity (Wildman–Crippen MR) is 155 cm³/mol. The first-order valence-corrected chi connectivity index (χ1v) is 15.2. The van der Waals surface area contributed by atoms with Gasteiger partial charge in [-0.05, 0) is 40.7 Å². The molecule has 2 atom stereocenters. The monoisotopic (exact) mass is 566 g/mol. The SMILES string of the molecule is O=C(C[C@H]1S[C@H](c2cccs2)N(CC(=O)NCCCN2CCOCC2)C1=O)NCc1cccc2ccccc12. The van der Waals surface area contributed by atoms with E-state index in [1.165, 1.54) is 11.8 Å². The highest BCUT2D eigenvalue weighted by molar-refractivity contribution is 8.01. The Labute approximate surface area is 237 Å². The first-order chi connectivity index (χ1) is 19.1. The zero-order chi connectivity index (χ0) is 27.0. The number of nitrogens with one attached hydrogen (secondary N) is 2. The zero-order valence-electron chi connectivity index (χ0n) is 21.8. The summed E-state index contributed by atoms with van der Waals surface area (Å²) < 4.78 is 5.38. The summed E-state index contributed by atoms with van der Waals surface area (Å²) in [6, 6.07) is 18.0. The van der Waals surface area contributed by atoms with Crippen molar-refractivity contribution in [1.29, 1.82) is 0 Å². The Morgan fingerprint density at radius 3 is 2.62 bits per heavy atom. The minimum absolute atomic E-state index is 0.0138. The topological polar surface area (TPSA) is 91.0 Å². The van der Waals surface area contributed by atoms with Gasteiger partial charge in [0, 0.05) is 37.5 Å². The summed E-state index contributed by atoms with van der Waals surface area (Å²) in [5.74, 6) is -0.510. The molecule has 0 aliphatic carbocycles. The third-order valence-electron chi connectivity index (χ3n) is 7.04. The van der Waals surface area contributed by atoms with E-state index in [4.69, 9.17) is 4.74 Å². The van der Waals surface area contributed by atoms with Crippen LogP contribution in [0.25, 0.3) is 10.8 Å². The lowest BCUT2D eigenvalue weighted by atomic mass is 10.0. The highest BCUT2D eigenvalue weighted by Crippen LogP contribution is 2.45. The van der Waals surface area contributed by atoms with Crippen molar-refractivity contribution in [3.8, 4) is 0 Å². The van der Waals surface area contributed by atoms with E-state index in [1.807, 2.05) is 60.0 Å². The molecule has 0 saturated carbocycles. The second-order valence-corrected chi connectivity index (χ2v) is 12.0. The van der Waals surface area contributed by atoms with E-state index in [9.17, 15) is 14.4 Å². The number of thiophene rings is 1. The van der Waals surface area contributed by atoms with Gasteiger partial charge in [-0.3, -0.25) is 19.3 Å². The van der Waals surface area contributed by atoms with Gasteiger partial charge in [-0.2, -0.15) is 0 Å². The smallest absolute Gasteiger partial charge is 0.239 e. The number of hydrogen-bond acceptors (Lipinski definition) is 7. The Hall–Kier alpha value is -2.92. The van der Waals surface area contributed by atoms with Crippen molar-refractivity contribution in [1.82, 2.24) is 20.4 Å². The lowest BCUT2D eigenvalue weighted by Crippen LogP contribution is -2.42. The molecule has 10 heteroatoms. The molecule has 1 aromatic heterocycles. The summed E-state index contributed by atoms with van der Waals surface area (Å²) in [5.41, 5.74) is 1.04. The van der Waals surface area contributed by atoms with Crippen LogP contribution in [0.1, 0.15) is 28.7 Å². The average Bonchev–Trinajstić information content (AvgIpc) is 3.59. The summed E-state index contributed by atoms with van der Waals surface area (Å²) in [5, 5.41) is 9.36. The van der Waals surface area contributed by atoms with Crippen molar-refractivity contribution in [2.24, 2.45) is 0 Å². The maximum atomic E-state index is 13.4. The Bertz CT molecular complexity index is 1270. The van der Waals surface area contributed by atoms with Gasteiger partial charge in [-0.1, -0.05) is 48.5 Å². The van der Waals surface area contributed by atoms with E-state index >= 15 is 0 Å². The summed E-state index contributed by atoms with van der Waals surface area (Å²) in [7, 11) is 0. The second-order valence-electron chi connectivity index (χ2n) is 9.74.